The van der Waals surface area contributed by atoms with Gasteiger partial charge in [-0.25, -0.2) is 9.78 Å². The first-order valence-corrected chi connectivity index (χ1v) is 5.58. The monoisotopic (exact) mass is 272 g/mol. The molecule has 1 aromatic heterocycles. The molecule has 0 spiro atoms. The van der Waals surface area contributed by atoms with Gasteiger partial charge in [0.05, 0.1) is 11.0 Å². The van der Waals surface area contributed by atoms with Crippen molar-refractivity contribution in [1.29, 1.82) is 0 Å². The Labute approximate surface area is 106 Å². The van der Waals surface area contributed by atoms with Crippen molar-refractivity contribution in [3.8, 4) is 0 Å². The molecular formula is C10H9ClN2O5. The van der Waals surface area contributed by atoms with Gasteiger partial charge in [0, 0.05) is 12.2 Å². The SMILES string of the molecule is O=C(O)c1c([N+](=O)[O-])cnc(Cl)c1C1CCCO1. The molecule has 0 bridgehead atoms. The van der Waals surface area contributed by atoms with Crippen LogP contribution in [0, 0.1) is 10.1 Å². The van der Waals surface area contributed by atoms with Gasteiger partial charge in [-0.05, 0) is 12.8 Å². The molecular weight excluding hydrogens is 264 g/mol. The second kappa shape index (κ2) is 4.87. The number of aromatic nitrogens is 1. The Bertz CT molecular complexity index is 513. The summed E-state index contributed by atoms with van der Waals surface area (Å²) in [6.45, 7) is 0.475. The minimum Gasteiger partial charge on any atom is -0.477 e. The van der Waals surface area contributed by atoms with Gasteiger partial charge >= 0.3 is 11.7 Å². The Morgan fingerprint density at radius 3 is 2.89 bits per heavy atom. The summed E-state index contributed by atoms with van der Waals surface area (Å²) in [5.74, 6) is -1.41. The molecule has 1 saturated heterocycles. The largest absolute Gasteiger partial charge is 0.477 e. The van der Waals surface area contributed by atoms with Crippen molar-refractivity contribution in [2.75, 3.05) is 6.61 Å². The van der Waals surface area contributed by atoms with Gasteiger partial charge in [0.25, 0.3) is 0 Å². The molecule has 7 nitrogen and oxygen atoms in total. The van der Waals surface area contributed by atoms with Crippen LogP contribution in [0.1, 0.15) is 34.9 Å². The van der Waals surface area contributed by atoms with Crippen LogP contribution in [0.4, 0.5) is 5.69 Å². The van der Waals surface area contributed by atoms with Crippen molar-refractivity contribution in [3.63, 3.8) is 0 Å². The minimum atomic E-state index is -1.41. The fourth-order valence-corrected chi connectivity index (χ4v) is 2.22. The molecule has 1 N–H and O–H groups in total. The van der Waals surface area contributed by atoms with Gasteiger partial charge in [0.1, 0.15) is 16.9 Å². The highest BCUT2D eigenvalue weighted by Gasteiger charge is 2.33. The minimum absolute atomic E-state index is 0.0649. The van der Waals surface area contributed by atoms with Gasteiger partial charge in [-0.2, -0.15) is 0 Å². The molecule has 2 heterocycles. The summed E-state index contributed by atoms with van der Waals surface area (Å²) in [4.78, 5) is 24.9. The van der Waals surface area contributed by atoms with Crippen LogP contribution in [0.25, 0.3) is 0 Å². The quantitative estimate of drug-likeness (QED) is 0.514. The van der Waals surface area contributed by atoms with Gasteiger partial charge < -0.3 is 9.84 Å². The normalized spacial score (nSPS) is 18.8. The summed E-state index contributed by atoms with van der Waals surface area (Å²) in [5, 5.41) is 19.9. The first-order chi connectivity index (χ1) is 8.52. The number of hydrogen-bond donors (Lipinski definition) is 1. The number of hydrogen-bond acceptors (Lipinski definition) is 5. The fourth-order valence-electron chi connectivity index (χ4n) is 1.96. The Morgan fingerprint density at radius 2 is 2.39 bits per heavy atom. The van der Waals surface area contributed by atoms with E-state index in [0.29, 0.717) is 13.0 Å². The highest BCUT2D eigenvalue weighted by atomic mass is 35.5. The van der Waals surface area contributed by atoms with E-state index in [1.165, 1.54) is 0 Å². The molecule has 96 valence electrons. The lowest BCUT2D eigenvalue weighted by atomic mass is 10.0. The molecule has 1 aliphatic heterocycles. The lowest BCUT2D eigenvalue weighted by Gasteiger charge is -2.13. The van der Waals surface area contributed by atoms with Crippen LogP contribution < -0.4 is 0 Å². The average molecular weight is 273 g/mol. The van der Waals surface area contributed by atoms with E-state index in [2.05, 4.69) is 4.98 Å². The van der Waals surface area contributed by atoms with Crippen molar-refractivity contribution in [2.24, 2.45) is 0 Å². The standard InChI is InChI=1S/C10H9ClN2O5/c11-9-8(6-2-1-3-18-6)7(10(14)15)5(4-12-9)13(16)17/h4,6H,1-3H2,(H,14,15). The van der Waals surface area contributed by atoms with E-state index in [4.69, 9.17) is 21.4 Å². The van der Waals surface area contributed by atoms with E-state index in [9.17, 15) is 14.9 Å². The molecule has 0 radical (unpaired) electrons. The number of halogens is 1. The number of carboxylic acids is 1. The molecule has 2 rings (SSSR count). The first-order valence-electron chi connectivity index (χ1n) is 5.20. The van der Waals surface area contributed by atoms with E-state index >= 15 is 0 Å². The van der Waals surface area contributed by atoms with E-state index in [1.807, 2.05) is 0 Å². The predicted octanol–water partition coefficient (Wildman–Crippen LogP) is 2.19. The second-order valence-corrected chi connectivity index (χ2v) is 4.14. The Hall–Kier alpha value is -1.73. The number of pyridine rings is 1. The maximum absolute atomic E-state index is 11.2. The zero-order valence-electron chi connectivity index (χ0n) is 9.13. The predicted molar refractivity (Wildman–Crippen MR) is 60.8 cm³/mol. The van der Waals surface area contributed by atoms with Crippen molar-refractivity contribution in [3.05, 3.63) is 32.6 Å². The number of carboxylic acid groups (broad SMARTS) is 1. The van der Waals surface area contributed by atoms with E-state index < -0.39 is 28.2 Å². The molecule has 1 aliphatic rings. The van der Waals surface area contributed by atoms with Gasteiger partial charge in [-0.15, -0.1) is 0 Å². The molecule has 18 heavy (non-hydrogen) atoms. The van der Waals surface area contributed by atoms with Crippen LogP contribution in [0.15, 0.2) is 6.20 Å². The number of aromatic carboxylic acids is 1. The smallest absolute Gasteiger partial charge is 0.343 e. The van der Waals surface area contributed by atoms with E-state index in [-0.39, 0.29) is 10.7 Å². The molecule has 0 aromatic carbocycles. The van der Waals surface area contributed by atoms with E-state index in [0.717, 1.165) is 12.6 Å². The third kappa shape index (κ3) is 2.14. The Balaban J connectivity index is 2.64. The molecule has 1 fully saturated rings. The maximum Gasteiger partial charge on any atom is 0.343 e. The summed E-state index contributed by atoms with van der Waals surface area (Å²) in [7, 11) is 0. The van der Waals surface area contributed by atoms with Gasteiger partial charge in [-0.3, -0.25) is 10.1 Å². The van der Waals surface area contributed by atoms with E-state index in [1.54, 1.807) is 0 Å². The van der Waals surface area contributed by atoms with Crippen molar-refractivity contribution in [2.45, 2.75) is 18.9 Å². The van der Waals surface area contributed by atoms with Crippen molar-refractivity contribution in [1.82, 2.24) is 4.98 Å². The number of carbonyl (C=O) groups is 1. The van der Waals surface area contributed by atoms with Crippen LogP contribution in [0.5, 0.6) is 0 Å². The molecule has 1 atom stereocenters. The Kier molecular flexibility index (Phi) is 3.44. The zero-order chi connectivity index (χ0) is 13.3. The third-order valence-electron chi connectivity index (χ3n) is 2.71. The highest BCUT2D eigenvalue weighted by Crippen LogP contribution is 2.37. The first kappa shape index (κ1) is 12.7. The van der Waals surface area contributed by atoms with Crippen molar-refractivity contribution < 1.29 is 19.6 Å². The number of nitro groups is 1. The lowest BCUT2D eigenvalue weighted by molar-refractivity contribution is -0.385. The maximum atomic E-state index is 11.2. The summed E-state index contributed by atoms with van der Waals surface area (Å²) in [5.41, 5.74) is -0.917. The second-order valence-electron chi connectivity index (χ2n) is 3.79. The van der Waals surface area contributed by atoms with Crippen LogP contribution in [-0.2, 0) is 4.74 Å². The molecule has 0 saturated carbocycles. The van der Waals surface area contributed by atoms with Crippen LogP contribution >= 0.6 is 11.6 Å². The molecule has 1 unspecified atom stereocenters. The van der Waals surface area contributed by atoms with Crippen LogP contribution in [0.3, 0.4) is 0 Å². The summed E-state index contributed by atoms with van der Waals surface area (Å²) < 4.78 is 5.34. The Morgan fingerprint density at radius 1 is 1.67 bits per heavy atom. The third-order valence-corrected chi connectivity index (χ3v) is 3.01. The summed E-state index contributed by atoms with van der Waals surface area (Å²) in [6, 6.07) is 0. The van der Waals surface area contributed by atoms with Gasteiger partial charge in [-0.1, -0.05) is 11.6 Å². The number of rotatable bonds is 3. The molecule has 8 heteroatoms. The molecule has 0 aliphatic carbocycles. The number of ether oxygens (including phenoxy) is 1. The number of nitrogens with zero attached hydrogens (tertiary/aromatic N) is 2. The summed E-state index contributed by atoms with van der Waals surface area (Å²) in [6.07, 6.45) is 1.63. The topological polar surface area (TPSA) is 103 Å². The summed E-state index contributed by atoms with van der Waals surface area (Å²) >= 11 is 5.85. The zero-order valence-corrected chi connectivity index (χ0v) is 9.88. The van der Waals surface area contributed by atoms with Crippen LogP contribution in [0.2, 0.25) is 5.15 Å². The van der Waals surface area contributed by atoms with Gasteiger partial charge in [0.15, 0.2) is 0 Å². The molecule has 1 aromatic rings. The fraction of sp³-hybridized carbons (Fsp3) is 0.400. The lowest BCUT2D eigenvalue weighted by Crippen LogP contribution is -2.12. The average Bonchev–Trinajstić information content (AvgIpc) is 2.81. The highest BCUT2D eigenvalue weighted by molar-refractivity contribution is 6.30. The van der Waals surface area contributed by atoms with Crippen molar-refractivity contribution >= 4 is 23.3 Å². The van der Waals surface area contributed by atoms with Gasteiger partial charge in [0.2, 0.25) is 0 Å². The molecule has 0 amide bonds. The van der Waals surface area contributed by atoms with Crippen LogP contribution in [-0.4, -0.2) is 27.6 Å².